The van der Waals surface area contributed by atoms with Gasteiger partial charge in [-0.2, -0.15) is 0 Å². The highest BCUT2D eigenvalue weighted by Gasteiger charge is 2.27. The molecule has 1 aliphatic heterocycles. The van der Waals surface area contributed by atoms with Gasteiger partial charge in [0.15, 0.2) is 0 Å². The molecule has 0 aromatic heterocycles. The van der Waals surface area contributed by atoms with Gasteiger partial charge in [-0.3, -0.25) is 4.90 Å². The van der Waals surface area contributed by atoms with Crippen molar-refractivity contribution in [1.82, 2.24) is 9.62 Å². The van der Waals surface area contributed by atoms with Crippen molar-refractivity contribution in [3.05, 3.63) is 60.2 Å². The van der Waals surface area contributed by atoms with Gasteiger partial charge in [0.1, 0.15) is 0 Å². The molecule has 1 aliphatic rings. The third kappa shape index (κ3) is 5.53. The van der Waals surface area contributed by atoms with Crippen LogP contribution in [-0.2, 0) is 10.0 Å². The maximum absolute atomic E-state index is 12.4. The largest absolute Gasteiger partial charge is 0.378 e. The number of nitrogens with one attached hydrogen (secondary N) is 1. The van der Waals surface area contributed by atoms with Crippen LogP contribution < -0.4 is 14.5 Å². The van der Waals surface area contributed by atoms with E-state index in [0.717, 1.165) is 37.4 Å². The van der Waals surface area contributed by atoms with Crippen LogP contribution in [0.1, 0.15) is 25.5 Å². The lowest BCUT2D eigenvalue weighted by Crippen LogP contribution is -2.50. The quantitative estimate of drug-likeness (QED) is 0.698. The van der Waals surface area contributed by atoms with E-state index in [2.05, 4.69) is 68.0 Å². The van der Waals surface area contributed by atoms with Gasteiger partial charge in [-0.25, -0.2) is 13.1 Å². The standard InChI is InChI=1S/C23H34N4O2S/c1-19(2)30(28,29)24-18-23(20-10-12-21(13-11-20)25(3)4)27-16-14-26(15-17-27)22-8-6-5-7-9-22/h5-13,19,23-24H,14-18H2,1-4H3/t23-/m1/s1. The summed E-state index contributed by atoms with van der Waals surface area (Å²) in [6.45, 7) is 7.42. The van der Waals surface area contributed by atoms with E-state index in [-0.39, 0.29) is 6.04 Å². The Morgan fingerprint density at radius 3 is 2.07 bits per heavy atom. The lowest BCUT2D eigenvalue weighted by atomic mass is 10.0. The van der Waals surface area contributed by atoms with Crippen LogP contribution in [0.25, 0.3) is 0 Å². The van der Waals surface area contributed by atoms with Crippen LogP contribution in [0.2, 0.25) is 0 Å². The summed E-state index contributed by atoms with van der Waals surface area (Å²) in [5.41, 5.74) is 3.51. The minimum Gasteiger partial charge on any atom is -0.378 e. The van der Waals surface area contributed by atoms with Gasteiger partial charge in [0.2, 0.25) is 10.0 Å². The first kappa shape index (κ1) is 22.6. The molecule has 1 fully saturated rings. The molecule has 0 aliphatic carbocycles. The predicted octanol–water partition coefficient (Wildman–Crippen LogP) is 2.94. The number of nitrogens with zero attached hydrogens (tertiary/aromatic N) is 3. The lowest BCUT2D eigenvalue weighted by Gasteiger charge is -2.40. The SMILES string of the molecule is CC(C)S(=O)(=O)NC[C@H](c1ccc(N(C)C)cc1)N1CCN(c2ccccc2)CC1. The van der Waals surface area contributed by atoms with Gasteiger partial charge in [-0.05, 0) is 43.7 Å². The molecule has 1 saturated heterocycles. The van der Waals surface area contributed by atoms with Gasteiger partial charge in [-0.1, -0.05) is 30.3 Å². The van der Waals surface area contributed by atoms with Crippen molar-refractivity contribution in [3.8, 4) is 0 Å². The number of hydrogen-bond acceptors (Lipinski definition) is 5. The molecular formula is C23H34N4O2S. The Morgan fingerprint density at radius 1 is 0.933 bits per heavy atom. The maximum atomic E-state index is 12.4. The molecule has 0 spiro atoms. The Morgan fingerprint density at radius 2 is 1.53 bits per heavy atom. The molecule has 0 saturated carbocycles. The molecule has 1 N–H and O–H groups in total. The van der Waals surface area contributed by atoms with Crippen molar-refractivity contribution >= 4 is 21.4 Å². The third-order valence-electron chi connectivity index (χ3n) is 5.77. The van der Waals surface area contributed by atoms with Crippen molar-refractivity contribution in [1.29, 1.82) is 0 Å². The van der Waals surface area contributed by atoms with Crippen molar-refractivity contribution in [3.63, 3.8) is 0 Å². The van der Waals surface area contributed by atoms with Crippen LogP contribution in [0.3, 0.4) is 0 Å². The van der Waals surface area contributed by atoms with E-state index in [4.69, 9.17) is 0 Å². The van der Waals surface area contributed by atoms with E-state index in [1.807, 2.05) is 20.2 Å². The van der Waals surface area contributed by atoms with E-state index in [0.29, 0.717) is 6.54 Å². The predicted molar refractivity (Wildman–Crippen MR) is 126 cm³/mol. The van der Waals surface area contributed by atoms with Crippen LogP contribution in [0.5, 0.6) is 0 Å². The van der Waals surface area contributed by atoms with Crippen LogP contribution in [0.4, 0.5) is 11.4 Å². The normalized spacial score (nSPS) is 16.6. The molecule has 30 heavy (non-hydrogen) atoms. The Hall–Kier alpha value is -2.09. The van der Waals surface area contributed by atoms with E-state index < -0.39 is 15.3 Å². The average Bonchev–Trinajstić information content (AvgIpc) is 2.75. The number of sulfonamides is 1. The number of rotatable bonds is 8. The number of hydrogen-bond donors (Lipinski definition) is 1. The highest BCUT2D eigenvalue weighted by Crippen LogP contribution is 2.26. The fraction of sp³-hybridized carbons (Fsp3) is 0.478. The van der Waals surface area contributed by atoms with E-state index in [1.54, 1.807) is 13.8 Å². The number of benzene rings is 2. The van der Waals surface area contributed by atoms with Crippen molar-refractivity contribution in [2.24, 2.45) is 0 Å². The number of anilines is 2. The second-order valence-corrected chi connectivity index (χ2v) is 10.6. The molecule has 2 aromatic rings. The van der Waals surface area contributed by atoms with Gasteiger partial charge < -0.3 is 9.80 Å². The highest BCUT2D eigenvalue weighted by atomic mass is 32.2. The summed E-state index contributed by atoms with van der Waals surface area (Å²) in [5, 5.41) is -0.441. The Kier molecular flexibility index (Phi) is 7.39. The number of para-hydroxylation sites is 1. The molecule has 2 aromatic carbocycles. The van der Waals surface area contributed by atoms with Gasteiger partial charge in [0, 0.05) is 64.2 Å². The first-order valence-electron chi connectivity index (χ1n) is 10.6. The first-order chi connectivity index (χ1) is 14.3. The molecule has 1 heterocycles. The van der Waals surface area contributed by atoms with Gasteiger partial charge in [-0.15, -0.1) is 0 Å². The van der Waals surface area contributed by atoms with Crippen LogP contribution in [0.15, 0.2) is 54.6 Å². The molecule has 164 valence electrons. The van der Waals surface area contributed by atoms with E-state index >= 15 is 0 Å². The molecule has 0 amide bonds. The molecule has 7 heteroatoms. The first-order valence-corrected chi connectivity index (χ1v) is 12.1. The van der Waals surface area contributed by atoms with Gasteiger partial charge >= 0.3 is 0 Å². The topological polar surface area (TPSA) is 55.9 Å². The van der Waals surface area contributed by atoms with Crippen LogP contribution >= 0.6 is 0 Å². The summed E-state index contributed by atoms with van der Waals surface area (Å²) in [4.78, 5) is 6.85. The lowest BCUT2D eigenvalue weighted by molar-refractivity contribution is 0.187. The summed E-state index contributed by atoms with van der Waals surface area (Å²) in [5.74, 6) is 0. The number of piperazine rings is 1. The van der Waals surface area contributed by atoms with Gasteiger partial charge in [0.05, 0.1) is 5.25 Å². The zero-order valence-corrected chi connectivity index (χ0v) is 19.3. The highest BCUT2D eigenvalue weighted by molar-refractivity contribution is 7.90. The third-order valence-corrected chi connectivity index (χ3v) is 7.58. The smallest absolute Gasteiger partial charge is 0.213 e. The molecule has 1 atom stereocenters. The fourth-order valence-corrected chi connectivity index (χ4v) is 4.47. The monoisotopic (exact) mass is 430 g/mol. The zero-order valence-electron chi connectivity index (χ0n) is 18.5. The van der Waals surface area contributed by atoms with Crippen LogP contribution in [0, 0.1) is 0 Å². The summed E-state index contributed by atoms with van der Waals surface area (Å²) >= 11 is 0. The average molecular weight is 431 g/mol. The van der Waals surface area contributed by atoms with Gasteiger partial charge in [0.25, 0.3) is 0 Å². The molecule has 0 unspecified atom stereocenters. The Bertz CT molecular complexity index is 891. The van der Waals surface area contributed by atoms with Crippen molar-refractivity contribution in [2.75, 3.05) is 56.6 Å². The van der Waals surface area contributed by atoms with Crippen LogP contribution in [-0.4, -0.2) is 65.4 Å². The van der Waals surface area contributed by atoms with Crippen molar-refractivity contribution < 1.29 is 8.42 Å². The minimum atomic E-state index is -3.31. The molecule has 0 radical (unpaired) electrons. The second kappa shape index (κ2) is 9.81. The molecule has 3 rings (SSSR count). The maximum Gasteiger partial charge on any atom is 0.213 e. The van der Waals surface area contributed by atoms with E-state index in [1.165, 1.54) is 5.69 Å². The fourth-order valence-electron chi connectivity index (χ4n) is 3.74. The summed E-state index contributed by atoms with van der Waals surface area (Å²) in [6, 6.07) is 18.9. The Balaban J connectivity index is 1.75. The molecule has 6 nitrogen and oxygen atoms in total. The molecule has 0 bridgehead atoms. The van der Waals surface area contributed by atoms with Crippen molar-refractivity contribution in [2.45, 2.75) is 25.1 Å². The second-order valence-electron chi connectivity index (χ2n) is 8.30. The summed E-state index contributed by atoms with van der Waals surface area (Å²) in [6.07, 6.45) is 0. The zero-order chi connectivity index (χ0) is 21.7. The summed E-state index contributed by atoms with van der Waals surface area (Å²) in [7, 11) is 0.729. The summed E-state index contributed by atoms with van der Waals surface area (Å²) < 4.78 is 27.6. The minimum absolute atomic E-state index is 0.00709. The molecular weight excluding hydrogens is 396 g/mol. The van der Waals surface area contributed by atoms with E-state index in [9.17, 15) is 8.42 Å². The Labute approximate surface area is 181 Å².